The number of rotatable bonds is 10. The highest BCUT2D eigenvalue weighted by Gasteiger charge is 2.16. The number of nitrogens with zero attached hydrogens (tertiary/aromatic N) is 3. The van der Waals surface area contributed by atoms with E-state index in [1.807, 2.05) is 12.1 Å². The second-order valence-electron chi connectivity index (χ2n) is 9.35. The van der Waals surface area contributed by atoms with Crippen molar-refractivity contribution in [2.24, 2.45) is 0 Å². The molecule has 0 fully saturated rings. The van der Waals surface area contributed by atoms with Gasteiger partial charge in [-0.2, -0.15) is 0 Å². The zero-order chi connectivity index (χ0) is 24.7. The van der Waals surface area contributed by atoms with Gasteiger partial charge in [0.2, 0.25) is 0 Å². The first kappa shape index (κ1) is 24.3. The average molecular weight is 494 g/mol. The maximum absolute atomic E-state index is 6.18. The Kier molecular flexibility index (Phi) is 7.80. The summed E-state index contributed by atoms with van der Waals surface area (Å²) in [7, 11) is 0. The largest absolute Gasteiger partial charge is 0.327 e. The summed E-state index contributed by atoms with van der Waals surface area (Å²) >= 11 is 6.18. The number of halogens is 1. The van der Waals surface area contributed by atoms with Crippen molar-refractivity contribution in [3.05, 3.63) is 125 Å². The fourth-order valence-electron chi connectivity index (χ4n) is 4.84. The van der Waals surface area contributed by atoms with Crippen molar-refractivity contribution in [2.45, 2.75) is 45.9 Å². The Morgan fingerprint density at radius 3 is 2.33 bits per heavy atom. The fourth-order valence-corrected chi connectivity index (χ4v) is 4.96. The van der Waals surface area contributed by atoms with E-state index in [-0.39, 0.29) is 0 Å². The Morgan fingerprint density at radius 2 is 1.53 bits per heavy atom. The van der Waals surface area contributed by atoms with Gasteiger partial charge in [0.25, 0.3) is 0 Å². The van der Waals surface area contributed by atoms with Crippen molar-refractivity contribution in [2.75, 3.05) is 0 Å². The van der Waals surface area contributed by atoms with Gasteiger partial charge in [-0.25, -0.2) is 4.98 Å². The van der Waals surface area contributed by atoms with Crippen LogP contribution in [0.5, 0.6) is 0 Å². The van der Waals surface area contributed by atoms with Gasteiger partial charge in [-0.1, -0.05) is 110 Å². The summed E-state index contributed by atoms with van der Waals surface area (Å²) in [6.07, 6.45) is 4.34. The van der Waals surface area contributed by atoms with E-state index in [4.69, 9.17) is 16.6 Å². The molecular weight excluding hydrogens is 462 g/mol. The van der Waals surface area contributed by atoms with Crippen molar-refractivity contribution in [3.8, 4) is 11.4 Å². The Balaban J connectivity index is 1.49. The molecule has 1 aromatic heterocycles. The van der Waals surface area contributed by atoms with Crippen LogP contribution in [0.15, 0.2) is 103 Å². The summed E-state index contributed by atoms with van der Waals surface area (Å²) in [6, 6.07) is 34.0. The molecule has 0 spiro atoms. The minimum absolute atomic E-state index is 0.768. The predicted molar refractivity (Wildman–Crippen MR) is 151 cm³/mol. The van der Waals surface area contributed by atoms with E-state index in [1.165, 1.54) is 27.6 Å². The lowest BCUT2D eigenvalue weighted by Crippen LogP contribution is -2.24. The number of hydrogen-bond donors (Lipinski definition) is 0. The lowest BCUT2D eigenvalue weighted by Gasteiger charge is -2.24. The summed E-state index contributed by atoms with van der Waals surface area (Å²) in [5, 5.41) is 3.36. The Labute approximate surface area is 219 Å². The first-order chi connectivity index (χ1) is 17.7. The third-order valence-electron chi connectivity index (χ3n) is 6.68. The molecule has 0 N–H and O–H groups in total. The van der Waals surface area contributed by atoms with Gasteiger partial charge in [0.05, 0.1) is 11.9 Å². The molecule has 0 aliphatic carbocycles. The van der Waals surface area contributed by atoms with Crippen LogP contribution >= 0.6 is 11.6 Å². The zero-order valence-corrected chi connectivity index (χ0v) is 21.5. The first-order valence-electron chi connectivity index (χ1n) is 12.7. The van der Waals surface area contributed by atoms with E-state index in [0.29, 0.717) is 0 Å². The van der Waals surface area contributed by atoms with E-state index in [2.05, 4.69) is 108 Å². The van der Waals surface area contributed by atoms with Crippen LogP contribution in [0.1, 0.15) is 36.6 Å². The average Bonchev–Trinajstić information content (AvgIpc) is 3.31. The van der Waals surface area contributed by atoms with Gasteiger partial charge in [-0.3, -0.25) is 4.90 Å². The number of hydrogen-bond acceptors (Lipinski definition) is 2. The van der Waals surface area contributed by atoms with Crippen LogP contribution in [0.2, 0.25) is 5.02 Å². The Morgan fingerprint density at radius 1 is 0.778 bits per heavy atom. The fraction of sp³-hybridized carbons (Fsp3) is 0.219. The van der Waals surface area contributed by atoms with E-state index < -0.39 is 0 Å². The minimum atomic E-state index is 0.768. The van der Waals surface area contributed by atoms with Crippen LogP contribution in [-0.4, -0.2) is 14.5 Å². The third kappa shape index (κ3) is 5.70. The van der Waals surface area contributed by atoms with E-state index in [9.17, 15) is 0 Å². The quantitative estimate of drug-likeness (QED) is 0.195. The topological polar surface area (TPSA) is 21.1 Å². The molecule has 1 heterocycles. The molecular formula is C32H32ClN3. The van der Waals surface area contributed by atoms with Crippen LogP contribution in [0.25, 0.3) is 22.2 Å². The lowest BCUT2D eigenvalue weighted by atomic mass is 10.0. The molecule has 36 heavy (non-hydrogen) atoms. The molecule has 0 amide bonds. The molecule has 3 nitrogen and oxygen atoms in total. The van der Waals surface area contributed by atoms with E-state index >= 15 is 0 Å². The van der Waals surface area contributed by atoms with Crippen LogP contribution in [0.3, 0.4) is 0 Å². The van der Waals surface area contributed by atoms with Crippen molar-refractivity contribution >= 4 is 22.4 Å². The molecule has 4 heteroatoms. The maximum atomic E-state index is 6.18. The second-order valence-corrected chi connectivity index (χ2v) is 9.79. The number of imidazole rings is 1. The summed E-state index contributed by atoms with van der Waals surface area (Å²) < 4.78 is 2.41. The SMILES string of the molecule is CCCCn1c(CN(Cc2ccc(Cl)cc2)Cc2cccc3ccccc23)cnc1-c1ccccc1. The van der Waals surface area contributed by atoms with Gasteiger partial charge in [0.15, 0.2) is 0 Å². The van der Waals surface area contributed by atoms with Gasteiger partial charge in [0.1, 0.15) is 5.82 Å². The third-order valence-corrected chi connectivity index (χ3v) is 6.94. The van der Waals surface area contributed by atoms with Crippen LogP contribution < -0.4 is 0 Å². The summed E-state index contributed by atoms with van der Waals surface area (Å²) in [4.78, 5) is 7.40. The van der Waals surface area contributed by atoms with Crippen molar-refractivity contribution in [3.63, 3.8) is 0 Å². The Hall–Kier alpha value is -3.40. The standard InChI is InChI=1S/C32H32ClN3/c1-2-3-20-36-30(21-34-32(36)27-11-5-4-6-12-27)24-35(22-25-16-18-29(33)19-17-25)23-28-14-9-13-26-10-7-8-15-31(26)28/h4-19,21H,2-3,20,22-24H2,1H3. The van der Waals surface area contributed by atoms with Crippen molar-refractivity contribution in [1.29, 1.82) is 0 Å². The van der Waals surface area contributed by atoms with E-state index in [1.54, 1.807) is 0 Å². The monoisotopic (exact) mass is 493 g/mol. The molecule has 4 aromatic carbocycles. The smallest absolute Gasteiger partial charge is 0.140 e. The number of unbranched alkanes of at least 4 members (excludes halogenated alkanes) is 1. The van der Waals surface area contributed by atoms with Crippen molar-refractivity contribution in [1.82, 2.24) is 14.5 Å². The highest BCUT2D eigenvalue weighted by molar-refractivity contribution is 6.30. The molecule has 0 bridgehead atoms. The molecule has 0 saturated heterocycles. The molecule has 5 rings (SSSR count). The second kappa shape index (κ2) is 11.6. The summed E-state index contributed by atoms with van der Waals surface area (Å²) in [5.74, 6) is 1.05. The summed E-state index contributed by atoms with van der Waals surface area (Å²) in [5.41, 5.74) is 5.00. The molecule has 0 unspecified atom stereocenters. The first-order valence-corrected chi connectivity index (χ1v) is 13.1. The maximum Gasteiger partial charge on any atom is 0.140 e. The number of aromatic nitrogens is 2. The molecule has 182 valence electrons. The molecule has 0 atom stereocenters. The minimum Gasteiger partial charge on any atom is -0.327 e. The number of benzene rings is 4. The zero-order valence-electron chi connectivity index (χ0n) is 20.8. The molecule has 0 saturated carbocycles. The van der Waals surface area contributed by atoms with Crippen LogP contribution in [0.4, 0.5) is 0 Å². The van der Waals surface area contributed by atoms with Crippen LogP contribution in [-0.2, 0) is 26.2 Å². The van der Waals surface area contributed by atoms with Gasteiger partial charge in [-0.15, -0.1) is 0 Å². The molecule has 0 aliphatic rings. The van der Waals surface area contributed by atoms with Crippen molar-refractivity contribution < 1.29 is 0 Å². The number of fused-ring (bicyclic) bond motifs is 1. The van der Waals surface area contributed by atoms with Crippen LogP contribution in [0, 0.1) is 0 Å². The molecule has 0 aliphatic heterocycles. The van der Waals surface area contributed by atoms with Gasteiger partial charge >= 0.3 is 0 Å². The van der Waals surface area contributed by atoms with Gasteiger partial charge < -0.3 is 4.57 Å². The van der Waals surface area contributed by atoms with Gasteiger partial charge in [-0.05, 0) is 40.5 Å². The summed E-state index contributed by atoms with van der Waals surface area (Å²) in [6.45, 7) is 5.71. The lowest BCUT2D eigenvalue weighted by molar-refractivity contribution is 0.242. The van der Waals surface area contributed by atoms with Gasteiger partial charge in [0, 0.05) is 36.8 Å². The highest BCUT2D eigenvalue weighted by atomic mass is 35.5. The predicted octanol–water partition coefficient (Wildman–Crippen LogP) is 8.36. The Bertz CT molecular complexity index is 1400. The molecule has 0 radical (unpaired) electrons. The highest BCUT2D eigenvalue weighted by Crippen LogP contribution is 2.25. The normalized spacial score (nSPS) is 11.4. The molecule has 5 aromatic rings. The van der Waals surface area contributed by atoms with E-state index in [0.717, 1.165) is 55.4 Å².